The van der Waals surface area contributed by atoms with Crippen molar-refractivity contribution in [3.05, 3.63) is 29.6 Å². The Morgan fingerprint density at radius 1 is 1.19 bits per heavy atom. The molecule has 0 fully saturated rings. The molecule has 0 saturated heterocycles. The van der Waals surface area contributed by atoms with Crippen LogP contribution >= 0.6 is 0 Å². The molecular formula is C12H14F3NO4S. The van der Waals surface area contributed by atoms with Crippen LogP contribution in [-0.4, -0.2) is 25.0 Å². The molecule has 5 nitrogen and oxygen atoms in total. The Balaban J connectivity index is 3.36. The number of carboxylic acid groups (broad SMARTS) is 1. The first-order valence-corrected chi connectivity index (χ1v) is 7.50. The minimum Gasteiger partial charge on any atom is -0.480 e. The average molecular weight is 325 g/mol. The van der Waals surface area contributed by atoms with Gasteiger partial charge in [-0.25, -0.2) is 21.6 Å². The molecule has 9 heteroatoms. The zero-order valence-electron chi connectivity index (χ0n) is 11.3. The molecule has 118 valence electrons. The number of hydrogen-bond donors (Lipinski definition) is 2. The van der Waals surface area contributed by atoms with Crippen LogP contribution in [0.5, 0.6) is 0 Å². The first-order valence-electron chi connectivity index (χ1n) is 6.02. The van der Waals surface area contributed by atoms with Crippen LogP contribution in [0.2, 0.25) is 0 Å². The molecule has 0 unspecified atom stereocenters. The van der Waals surface area contributed by atoms with Crippen molar-refractivity contribution in [3.8, 4) is 0 Å². The largest absolute Gasteiger partial charge is 0.480 e. The van der Waals surface area contributed by atoms with E-state index in [4.69, 9.17) is 5.11 Å². The minimum absolute atomic E-state index is 0.108. The van der Waals surface area contributed by atoms with Crippen LogP contribution in [0.25, 0.3) is 0 Å². The van der Waals surface area contributed by atoms with E-state index in [1.807, 2.05) is 4.72 Å². The zero-order valence-corrected chi connectivity index (χ0v) is 12.1. The van der Waals surface area contributed by atoms with Crippen LogP contribution < -0.4 is 4.72 Å². The fraction of sp³-hybridized carbons (Fsp3) is 0.417. The number of nitrogens with one attached hydrogen (secondary N) is 1. The molecule has 0 radical (unpaired) electrons. The number of aliphatic carboxylic acids is 1. The van der Waals surface area contributed by atoms with Gasteiger partial charge in [-0.15, -0.1) is 0 Å². The predicted molar refractivity (Wildman–Crippen MR) is 67.6 cm³/mol. The van der Waals surface area contributed by atoms with Crippen LogP contribution in [-0.2, 0) is 14.8 Å². The standard InChI is InChI=1S/C12H14F3NO4S/c1-3-12(4-2,11(17)18)16-21(19,20)8-6-5-7(13)9(14)10(8)15/h5-6,16H,3-4H2,1-2H3,(H,17,18). The van der Waals surface area contributed by atoms with E-state index in [2.05, 4.69) is 0 Å². The van der Waals surface area contributed by atoms with Crippen LogP contribution in [0.4, 0.5) is 13.2 Å². The van der Waals surface area contributed by atoms with E-state index in [1.165, 1.54) is 13.8 Å². The number of benzene rings is 1. The number of sulfonamides is 1. The molecule has 1 aromatic rings. The van der Waals surface area contributed by atoms with Crippen molar-refractivity contribution in [3.63, 3.8) is 0 Å². The molecule has 0 aliphatic rings. The molecular weight excluding hydrogens is 311 g/mol. The molecule has 0 aliphatic heterocycles. The third-order valence-electron chi connectivity index (χ3n) is 3.24. The van der Waals surface area contributed by atoms with Gasteiger partial charge in [0.2, 0.25) is 10.0 Å². The Hall–Kier alpha value is -1.61. The summed E-state index contributed by atoms with van der Waals surface area (Å²) in [6.45, 7) is 2.86. The quantitative estimate of drug-likeness (QED) is 0.784. The van der Waals surface area contributed by atoms with Gasteiger partial charge in [0.1, 0.15) is 10.4 Å². The summed E-state index contributed by atoms with van der Waals surface area (Å²) in [5, 5.41) is 9.15. The first-order chi connectivity index (χ1) is 9.61. The molecule has 0 atom stereocenters. The summed E-state index contributed by atoms with van der Waals surface area (Å²) >= 11 is 0. The number of rotatable bonds is 6. The first kappa shape index (κ1) is 17.4. The van der Waals surface area contributed by atoms with Gasteiger partial charge in [0, 0.05) is 0 Å². The summed E-state index contributed by atoms with van der Waals surface area (Å²) in [6.07, 6.45) is -0.216. The van der Waals surface area contributed by atoms with Crippen molar-refractivity contribution in [2.24, 2.45) is 0 Å². The van der Waals surface area contributed by atoms with Gasteiger partial charge >= 0.3 is 5.97 Å². The highest BCUT2D eigenvalue weighted by atomic mass is 32.2. The Kier molecular flexibility index (Phi) is 5.00. The van der Waals surface area contributed by atoms with Crippen molar-refractivity contribution < 1.29 is 31.5 Å². The lowest BCUT2D eigenvalue weighted by molar-refractivity contribution is -0.144. The van der Waals surface area contributed by atoms with Crippen LogP contribution in [0.1, 0.15) is 26.7 Å². The monoisotopic (exact) mass is 325 g/mol. The summed E-state index contributed by atoms with van der Waals surface area (Å²) in [7, 11) is -4.67. The lowest BCUT2D eigenvalue weighted by Crippen LogP contribution is -2.53. The highest BCUT2D eigenvalue weighted by Crippen LogP contribution is 2.24. The van der Waals surface area contributed by atoms with Crippen LogP contribution in [0.15, 0.2) is 17.0 Å². The second kappa shape index (κ2) is 6.02. The number of carboxylic acids is 1. The maximum Gasteiger partial charge on any atom is 0.324 e. The summed E-state index contributed by atoms with van der Waals surface area (Å²) < 4.78 is 65.5. The molecule has 2 N–H and O–H groups in total. The van der Waals surface area contributed by atoms with E-state index in [0.29, 0.717) is 12.1 Å². The van der Waals surface area contributed by atoms with Gasteiger partial charge in [0.15, 0.2) is 17.5 Å². The molecule has 0 amide bonds. The van der Waals surface area contributed by atoms with Gasteiger partial charge in [0.05, 0.1) is 0 Å². The smallest absolute Gasteiger partial charge is 0.324 e. The Morgan fingerprint density at radius 2 is 1.71 bits per heavy atom. The fourth-order valence-electron chi connectivity index (χ4n) is 1.77. The van der Waals surface area contributed by atoms with Crippen molar-refractivity contribution in [2.75, 3.05) is 0 Å². The maximum absolute atomic E-state index is 13.6. The van der Waals surface area contributed by atoms with Crippen molar-refractivity contribution in [2.45, 2.75) is 37.1 Å². The van der Waals surface area contributed by atoms with Crippen LogP contribution in [0.3, 0.4) is 0 Å². The normalized spacial score (nSPS) is 12.4. The van der Waals surface area contributed by atoms with E-state index in [-0.39, 0.29) is 12.8 Å². The SMILES string of the molecule is CCC(CC)(NS(=O)(=O)c1ccc(F)c(F)c1F)C(=O)O. The number of hydrogen-bond acceptors (Lipinski definition) is 3. The molecule has 0 spiro atoms. The van der Waals surface area contributed by atoms with Crippen molar-refractivity contribution >= 4 is 16.0 Å². The summed E-state index contributed by atoms with van der Waals surface area (Å²) in [5.41, 5.74) is -1.85. The minimum atomic E-state index is -4.67. The Labute approximate surface area is 119 Å². The molecule has 21 heavy (non-hydrogen) atoms. The zero-order chi connectivity index (χ0) is 16.4. The average Bonchev–Trinajstić information content (AvgIpc) is 2.41. The van der Waals surface area contributed by atoms with Crippen molar-refractivity contribution in [1.82, 2.24) is 4.72 Å². The van der Waals surface area contributed by atoms with E-state index in [9.17, 15) is 26.4 Å². The van der Waals surface area contributed by atoms with Gasteiger partial charge in [-0.2, -0.15) is 4.72 Å². The number of halogens is 3. The Bertz CT molecular complexity index is 657. The van der Waals surface area contributed by atoms with Crippen LogP contribution in [0, 0.1) is 17.5 Å². The fourth-order valence-corrected chi connectivity index (χ4v) is 3.34. The molecule has 0 aliphatic carbocycles. The third kappa shape index (κ3) is 3.18. The lowest BCUT2D eigenvalue weighted by atomic mass is 9.95. The maximum atomic E-state index is 13.6. The van der Waals surface area contributed by atoms with E-state index in [0.717, 1.165) is 0 Å². The van der Waals surface area contributed by atoms with E-state index in [1.54, 1.807) is 0 Å². The molecule has 0 heterocycles. The molecule has 1 rings (SSSR count). The van der Waals surface area contributed by atoms with Gasteiger partial charge in [-0.1, -0.05) is 13.8 Å². The second-order valence-corrected chi connectivity index (χ2v) is 6.02. The van der Waals surface area contributed by atoms with Gasteiger partial charge in [-0.05, 0) is 25.0 Å². The lowest BCUT2D eigenvalue weighted by Gasteiger charge is -2.27. The van der Waals surface area contributed by atoms with E-state index < -0.39 is 43.9 Å². The second-order valence-electron chi connectivity index (χ2n) is 4.37. The highest BCUT2D eigenvalue weighted by molar-refractivity contribution is 7.89. The highest BCUT2D eigenvalue weighted by Gasteiger charge is 2.40. The molecule has 0 saturated carbocycles. The molecule has 0 bridgehead atoms. The van der Waals surface area contributed by atoms with Crippen molar-refractivity contribution in [1.29, 1.82) is 0 Å². The number of carbonyl (C=O) groups is 1. The van der Waals surface area contributed by atoms with E-state index >= 15 is 0 Å². The summed E-state index contributed by atoms with van der Waals surface area (Å²) in [6, 6.07) is 0.987. The predicted octanol–water partition coefficient (Wildman–Crippen LogP) is 2.03. The summed E-state index contributed by atoms with van der Waals surface area (Å²) in [4.78, 5) is 10.1. The van der Waals surface area contributed by atoms with Gasteiger partial charge in [0.25, 0.3) is 0 Å². The molecule has 1 aromatic carbocycles. The molecule has 0 aromatic heterocycles. The topological polar surface area (TPSA) is 83.5 Å². The summed E-state index contributed by atoms with van der Waals surface area (Å²) in [5.74, 6) is -6.82. The third-order valence-corrected chi connectivity index (χ3v) is 4.79. The Morgan fingerprint density at radius 3 is 2.14 bits per heavy atom. The van der Waals surface area contributed by atoms with Gasteiger partial charge < -0.3 is 5.11 Å². The van der Waals surface area contributed by atoms with Gasteiger partial charge in [-0.3, -0.25) is 4.79 Å².